The Morgan fingerprint density at radius 2 is 1.80 bits per heavy atom. The summed E-state index contributed by atoms with van der Waals surface area (Å²) in [6.07, 6.45) is 6.01. The van der Waals surface area contributed by atoms with Gasteiger partial charge in [-0.1, -0.05) is 67.6 Å². The Labute approximate surface area is 158 Å². The Balaban J connectivity index is 2.03. The summed E-state index contributed by atoms with van der Waals surface area (Å²) in [5.41, 5.74) is 5.36. The van der Waals surface area contributed by atoms with Gasteiger partial charge >= 0.3 is 5.97 Å². The normalized spacial score (nSPS) is 16.4. The molecule has 2 aromatic rings. The fraction of sp³-hybridized carbons (Fsp3) is 0.409. The van der Waals surface area contributed by atoms with Crippen molar-refractivity contribution in [2.75, 3.05) is 0 Å². The van der Waals surface area contributed by atoms with Crippen molar-refractivity contribution in [3.05, 3.63) is 57.6 Å². The van der Waals surface area contributed by atoms with Crippen LogP contribution < -0.4 is 0 Å². The van der Waals surface area contributed by atoms with Crippen LogP contribution in [0.2, 0.25) is 0 Å². The van der Waals surface area contributed by atoms with E-state index in [0.29, 0.717) is 17.4 Å². The van der Waals surface area contributed by atoms with Crippen molar-refractivity contribution < 1.29 is 9.90 Å². The van der Waals surface area contributed by atoms with E-state index in [4.69, 9.17) is 0 Å². The molecule has 0 heterocycles. The van der Waals surface area contributed by atoms with Gasteiger partial charge in [0.15, 0.2) is 0 Å². The van der Waals surface area contributed by atoms with Gasteiger partial charge in [0.25, 0.3) is 0 Å². The number of halogens is 1. The van der Waals surface area contributed by atoms with Gasteiger partial charge in [-0.05, 0) is 58.9 Å². The number of carboxylic acids is 1. The average Bonchev–Trinajstić information content (AvgIpc) is 2.90. The van der Waals surface area contributed by atoms with Crippen LogP contribution in [0.15, 0.2) is 40.9 Å². The smallest absolute Gasteiger partial charge is 0.335 e. The predicted octanol–water partition coefficient (Wildman–Crippen LogP) is 6.87. The summed E-state index contributed by atoms with van der Waals surface area (Å²) >= 11 is 3.61. The number of aromatic carboxylic acids is 1. The zero-order chi connectivity index (χ0) is 18.0. The molecule has 3 heteroatoms. The molecule has 0 spiro atoms. The van der Waals surface area contributed by atoms with Gasteiger partial charge in [-0.25, -0.2) is 4.79 Å². The van der Waals surface area contributed by atoms with Crippen LogP contribution in [0.25, 0.3) is 11.1 Å². The Kier molecular flexibility index (Phi) is 5.63. The van der Waals surface area contributed by atoms with Gasteiger partial charge in [0.1, 0.15) is 0 Å². The largest absolute Gasteiger partial charge is 0.478 e. The third-order valence-electron chi connectivity index (χ3n) is 5.47. The molecule has 1 aliphatic rings. The number of hydrogen-bond acceptors (Lipinski definition) is 1. The van der Waals surface area contributed by atoms with Crippen molar-refractivity contribution in [3.63, 3.8) is 0 Å². The molecular weight excluding hydrogens is 376 g/mol. The van der Waals surface area contributed by atoms with Gasteiger partial charge in [0.05, 0.1) is 5.56 Å². The lowest BCUT2D eigenvalue weighted by Gasteiger charge is -2.21. The van der Waals surface area contributed by atoms with Crippen LogP contribution in [-0.2, 0) is 0 Å². The zero-order valence-corrected chi connectivity index (χ0v) is 16.5. The van der Waals surface area contributed by atoms with Crippen LogP contribution in [0.3, 0.4) is 0 Å². The fourth-order valence-electron chi connectivity index (χ4n) is 4.03. The highest BCUT2D eigenvalue weighted by Crippen LogP contribution is 2.49. The number of carbonyl (C=O) groups is 1. The lowest BCUT2D eigenvalue weighted by molar-refractivity contribution is 0.0697. The molecule has 0 saturated heterocycles. The predicted molar refractivity (Wildman–Crippen MR) is 106 cm³/mol. The molecule has 0 saturated carbocycles. The highest BCUT2D eigenvalue weighted by molar-refractivity contribution is 9.10. The third kappa shape index (κ3) is 3.67. The van der Waals surface area contributed by atoms with Crippen molar-refractivity contribution in [3.8, 4) is 11.1 Å². The lowest BCUT2D eigenvalue weighted by atomic mass is 9.83. The molecule has 0 fully saturated rings. The van der Waals surface area contributed by atoms with Crippen molar-refractivity contribution >= 4 is 21.9 Å². The summed E-state index contributed by atoms with van der Waals surface area (Å²) in [5.74, 6) is 0.122. The molecular formula is C22H25BrO2. The molecule has 0 aromatic heterocycles. The SMILES string of the molecule is CCCCC(CC)CC1c2cc(Br)ccc2-c2ccc(C(=O)O)cc21. The van der Waals surface area contributed by atoms with E-state index in [-0.39, 0.29) is 0 Å². The van der Waals surface area contributed by atoms with E-state index in [1.165, 1.54) is 47.9 Å². The summed E-state index contributed by atoms with van der Waals surface area (Å²) in [4.78, 5) is 11.4. The van der Waals surface area contributed by atoms with E-state index in [9.17, 15) is 9.90 Å². The maximum atomic E-state index is 11.4. The lowest BCUT2D eigenvalue weighted by Crippen LogP contribution is -2.08. The van der Waals surface area contributed by atoms with Crippen LogP contribution in [0.5, 0.6) is 0 Å². The third-order valence-corrected chi connectivity index (χ3v) is 5.96. The van der Waals surface area contributed by atoms with Crippen molar-refractivity contribution in [1.29, 1.82) is 0 Å². The number of unbranched alkanes of at least 4 members (excludes halogenated alkanes) is 1. The maximum absolute atomic E-state index is 11.4. The molecule has 2 unspecified atom stereocenters. The molecule has 3 rings (SSSR count). The van der Waals surface area contributed by atoms with Gasteiger partial charge < -0.3 is 5.11 Å². The first kappa shape index (κ1) is 18.2. The van der Waals surface area contributed by atoms with Crippen LogP contribution in [-0.4, -0.2) is 11.1 Å². The highest BCUT2D eigenvalue weighted by Gasteiger charge is 2.31. The van der Waals surface area contributed by atoms with E-state index in [0.717, 1.165) is 10.9 Å². The molecule has 1 N–H and O–H groups in total. The van der Waals surface area contributed by atoms with E-state index < -0.39 is 5.97 Å². The number of carboxylic acid groups (broad SMARTS) is 1. The molecule has 25 heavy (non-hydrogen) atoms. The monoisotopic (exact) mass is 400 g/mol. The molecule has 0 bridgehead atoms. The molecule has 0 amide bonds. The van der Waals surface area contributed by atoms with Crippen LogP contribution in [0, 0.1) is 5.92 Å². The number of hydrogen-bond donors (Lipinski definition) is 1. The van der Waals surface area contributed by atoms with Gasteiger partial charge in [-0.15, -0.1) is 0 Å². The second-order valence-corrected chi connectivity index (χ2v) is 7.96. The van der Waals surface area contributed by atoms with Gasteiger partial charge in [-0.3, -0.25) is 0 Å². The number of fused-ring (bicyclic) bond motifs is 3. The molecule has 2 aromatic carbocycles. The molecule has 2 atom stereocenters. The summed E-state index contributed by atoms with van der Waals surface area (Å²) in [6, 6.07) is 12.0. The molecule has 132 valence electrons. The summed E-state index contributed by atoms with van der Waals surface area (Å²) in [6.45, 7) is 4.51. The second kappa shape index (κ2) is 7.74. The Hall–Kier alpha value is -1.61. The van der Waals surface area contributed by atoms with Crippen molar-refractivity contribution in [2.24, 2.45) is 5.92 Å². The Morgan fingerprint density at radius 1 is 1.12 bits per heavy atom. The Bertz CT molecular complexity index is 782. The fourth-order valence-corrected chi connectivity index (χ4v) is 4.41. The number of rotatable bonds is 7. The summed E-state index contributed by atoms with van der Waals surface area (Å²) in [7, 11) is 0. The van der Waals surface area contributed by atoms with Gasteiger partial charge in [-0.2, -0.15) is 0 Å². The number of benzene rings is 2. The molecule has 1 aliphatic carbocycles. The molecule has 2 nitrogen and oxygen atoms in total. The minimum Gasteiger partial charge on any atom is -0.478 e. The molecule has 0 aliphatic heterocycles. The van der Waals surface area contributed by atoms with Crippen LogP contribution in [0.4, 0.5) is 0 Å². The first-order valence-electron chi connectivity index (χ1n) is 9.22. The van der Waals surface area contributed by atoms with E-state index >= 15 is 0 Å². The molecule has 0 radical (unpaired) electrons. The first-order valence-corrected chi connectivity index (χ1v) is 10.0. The van der Waals surface area contributed by atoms with Gasteiger partial charge in [0.2, 0.25) is 0 Å². The standard InChI is InChI=1S/C22H25BrO2/c1-3-5-6-14(4-2)11-19-20-12-15(22(24)25)7-9-17(20)18-10-8-16(23)13-21(18)19/h7-10,12-14,19H,3-6,11H2,1-2H3,(H,24,25). The average molecular weight is 401 g/mol. The quantitative estimate of drug-likeness (QED) is 0.550. The van der Waals surface area contributed by atoms with E-state index in [1.807, 2.05) is 12.1 Å². The summed E-state index contributed by atoms with van der Waals surface area (Å²) in [5, 5.41) is 9.40. The van der Waals surface area contributed by atoms with Crippen molar-refractivity contribution in [2.45, 2.75) is 51.9 Å². The minimum absolute atomic E-state index is 0.295. The minimum atomic E-state index is -0.850. The van der Waals surface area contributed by atoms with Gasteiger partial charge in [0, 0.05) is 10.4 Å². The van der Waals surface area contributed by atoms with E-state index in [1.54, 1.807) is 6.07 Å². The highest BCUT2D eigenvalue weighted by atomic mass is 79.9. The van der Waals surface area contributed by atoms with Crippen LogP contribution >= 0.6 is 15.9 Å². The van der Waals surface area contributed by atoms with E-state index in [2.05, 4.69) is 48.0 Å². The maximum Gasteiger partial charge on any atom is 0.335 e. The first-order chi connectivity index (χ1) is 12.0. The zero-order valence-electron chi connectivity index (χ0n) is 14.9. The van der Waals surface area contributed by atoms with Crippen LogP contribution in [0.1, 0.15) is 73.4 Å². The summed E-state index contributed by atoms with van der Waals surface area (Å²) < 4.78 is 1.09. The Morgan fingerprint density at radius 3 is 2.44 bits per heavy atom. The second-order valence-electron chi connectivity index (χ2n) is 7.04. The topological polar surface area (TPSA) is 37.3 Å². The van der Waals surface area contributed by atoms with Crippen molar-refractivity contribution in [1.82, 2.24) is 0 Å².